The average molecular weight is 405 g/mol. The van der Waals surface area contributed by atoms with Crippen LogP contribution in [0.1, 0.15) is 73.1 Å². The predicted octanol–water partition coefficient (Wildman–Crippen LogP) is 4.03. The molecule has 0 aliphatic heterocycles. The molecule has 0 radical (unpaired) electrons. The fourth-order valence-corrected chi connectivity index (χ4v) is 7.97. The van der Waals surface area contributed by atoms with Crippen molar-refractivity contribution in [1.29, 1.82) is 0 Å². The molecule has 0 aromatic rings. The summed E-state index contributed by atoms with van der Waals surface area (Å²) in [5, 5.41) is 11.1. The highest BCUT2D eigenvalue weighted by atomic mass is 16.5. The summed E-state index contributed by atoms with van der Waals surface area (Å²) >= 11 is 0. The summed E-state index contributed by atoms with van der Waals surface area (Å²) in [6.45, 7) is 9.93. The zero-order valence-corrected chi connectivity index (χ0v) is 18.5. The first-order chi connectivity index (χ1) is 13.4. The molecule has 5 nitrogen and oxygen atoms in total. The van der Waals surface area contributed by atoms with E-state index in [0.29, 0.717) is 13.0 Å². The third kappa shape index (κ3) is 3.07. The summed E-state index contributed by atoms with van der Waals surface area (Å²) < 4.78 is 11.5. The number of carbonyl (C=O) groups is 2. The lowest BCUT2D eigenvalue weighted by Gasteiger charge is -2.64. The van der Waals surface area contributed by atoms with Gasteiger partial charge in [-0.3, -0.25) is 9.59 Å². The summed E-state index contributed by atoms with van der Waals surface area (Å²) in [7, 11) is 0. The van der Waals surface area contributed by atoms with Crippen LogP contribution < -0.4 is 0 Å². The Hall–Kier alpha value is -1.36. The van der Waals surface area contributed by atoms with Gasteiger partial charge in [-0.2, -0.15) is 0 Å². The van der Waals surface area contributed by atoms with E-state index in [9.17, 15) is 14.7 Å². The molecule has 0 heterocycles. The van der Waals surface area contributed by atoms with Gasteiger partial charge in [0.05, 0.1) is 12.2 Å². The van der Waals surface area contributed by atoms with Gasteiger partial charge < -0.3 is 14.6 Å². The van der Waals surface area contributed by atoms with E-state index in [1.165, 1.54) is 13.8 Å². The number of esters is 2. The Morgan fingerprint density at radius 1 is 1.10 bits per heavy atom. The Morgan fingerprint density at radius 3 is 2.48 bits per heavy atom. The van der Waals surface area contributed by atoms with Crippen LogP contribution in [0.15, 0.2) is 12.2 Å². The average Bonchev–Trinajstić information content (AvgIpc) is 2.80. The molecule has 29 heavy (non-hydrogen) atoms. The molecule has 0 amide bonds. The van der Waals surface area contributed by atoms with Crippen LogP contribution in [0.3, 0.4) is 0 Å². The van der Waals surface area contributed by atoms with Crippen molar-refractivity contribution in [2.75, 3.05) is 6.61 Å². The molecule has 3 fully saturated rings. The molecular formula is C24H36O5. The fourth-order valence-electron chi connectivity index (χ4n) is 7.97. The number of aliphatic hydroxyl groups is 1. The van der Waals surface area contributed by atoms with Crippen LogP contribution in [0.25, 0.3) is 0 Å². The van der Waals surface area contributed by atoms with Crippen molar-refractivity contribution >= 4 is 11.9 Å². The summed E-state index contributed by atoms with van der Waals surface area (Å²) in [6, 6.07) is 0. The van der Waals surface area contributed by atoms with Crippen LogP contribution in [-0.4, -0.2) is 35.4 Å². The molecule has 8 unspecified atom stereocenters. The molecule has 8 atom stereocenters. The molecule has 2 bridgehead atoms. The van der Waals surface area contributed by atoms with E-state index in [2.05, 4.69) is 26.0 Å². The van der Waals surface area contributed by atoms with Gasteiger partial charge in [0.1, 0.15) is 6.10 Å². The fraction of sp³-hybridized carbons (Fsp3) is 0.833. The van der Waals surface area contributed by atoms with Gasteiger partial charge in [0.25, 0.3) is 0 Å². The molecule has 0 aromatic heterocycles. The minimum atomic E-state index is -0.761. The van der Waals surface area contributed by atoms with Crippen molar-refractivity contribution in [2.45, 2.75) is 84.8 Å². The monoisotopic (exact) mass is 404 g/mol. The first-order valence-electron chi connectivity index (χ1n) is 11.1. The number of hydrogen-bond donors (Lipinski definition) is 1. The van der Waals surface area contributed by atoms with Gasteiger partial charge in [0.2, 0.25) is 0 Å². The normalized spacial score (nSPS) is 50.4. The number of ether oxygens (including phenoxy) is 2. The van der Waals surface area contributed by atoms with Crippen LogP contribution in [0.2, 0.25) is 0 Å². The summed E-state index contributed by atoms with van der Waals surface area (Å²) in [4.78, 5) is 23.6. The van der Waals surface area contributed by atoms with Gasteiger partial charge >= 0.3 is 11.9 Å². The van der Waals surface area contributed by atoms with E-state index in [-0.39, 0.29) is 52.0 Å². The van der Waals surface area contributed by atoms with E-state index in [4.69, 9.17) is 9.47 Å². The summed E-state index contributed by atoms with van der Waals surface area (Å²) in [5.41, 5.74) is -1.07. The Morgan fingerprint density at radius 2 is 1.83 bits per heavy atom. The van der Waals surface area contributed by atoms with Crippen LogP contribution in [0.5, 0.6) is 0 Å². The summed E-state index contributed by atoms with van der Waals surface area (Å²) in [6.07, 6.45) is 9.89. The van der Waals surface area contributed by atoms with E-state index in [1.807, 2.05) is 6.92 Å². The molecule has 162 valence electrons. The third-order valence-electron chi connectivity index (χ3n) is 9.06. The van der Waals surface area contributed by atoms with Crippen molar-refractivity contribution < 1.29 is 24.2 Å². The second-order valence-corrected chi connectivity index (χ2v) is 11.1. The third-order valence-corrected chi connectivity index (χ3v) is 9.06. The molecule has 4 aliphatic rings. The molecule has 0 aromatic carbocycles. The van der Waals surface area contributed by atoms with Crippen molar-refractivity contribution in [3.8, 4) is 0 Å². The topological polar surface area (TPSA) is 72.8 Å². The molecule has 4 rings (SSSR count). The standard InChI is InChI=1S/C24H36O5/c1-15(25)28-14-21(3)9-6-10-22(4)18-8-7-17-12-24(18,13-23(17,5)27)20(11-19(21)22)29-16(2)26/h7-8,17-20,27H,6,9-14H2,1-5H3. The molecule has 4 aliphatic carbocycles. The van der Waals surface area contributed by atoms with E-state index < -0.39 is 5.60 Å². The quantitative estimate of drug-likeness (QED) is 0.568. The zero-order valence-electron chi connectivity index (χ0n) is 18.5. The van der Waals surface area contributed by atoms with Gasteiger partial charge in [0, 0.05) is 30.6 Å². The lowest BCUT2D eigenvalue weighted by atomic mass is 9.41. The predicted molar refractivity (Wildman–Crippen MR) is 109 cm³/mol. The Labute approximate surface area is 174 Å². The second kappa shape index (κ2) is 6.57. The molecule has 5 heteroatoms. The number of allylic oxidation sites excluding steroid dienone is 1. The van der Waals surface area contributed by atoms with Crippen LogP contribution in [0.4, 0.5) is 0 Å². The molecule has 3 saturated carbocycles. The highest BCUT2D eigenvalue weighted by molar-refractivity contribution is 5.66. The second-order valence-electron chi connectivity index (χ2n) is 11.1. The minimum Gasteiger partial charge on any atom is -0.465 e. The van der Waals surface area contributed by atoms with E-state index in [1.54, 1.807) is 0 Å². The van der Waals surface area contributed by atoms with Gasteiger partial charge in [-0.15, -0.1) is 0 Å². The molecule has 0 saturated heterocycles. The number of fused-ring (bicyclic) bond motifs is 3. The first kappa shape index (κ1) is 20.9. The minimum absolute atomic E-state index is 0.0334. The number of carbonyl (C=O) groups excluding carboxylic acids is 2. The van der Waals surface area contributed by atoms with Crippen LogP contribution >= 0.6 is 0 Å². The maximum atomic E-state index is 12.1. The Bertz CT molecular complexity index is 742. The van der Waals surface area contributed by atoms with Gasteiger partial charge in [0.15, 0.2) is 0 Å². The Balaban J connectivity index is 1.77. The lowest BCUT2D eigenvalue weighted by molar-refractivity contribution is -0.207. The molecule has 1 spiro atoms. The van der Waals surface area contributed by atoms with Crippen molar-refractivity contribution in [2.24, 2.45) is 34.0 Å². The zero-order chi connectivity index (χ0) is 21.2. The van der Waals surface area contributed by atoms with Gasteiger partial charge in [-0.05, 0) is 56.3 Å². The van der Waals surface area contributed by atoms with Crippen molar-refractivity contribution in [1.82, 2.24) is 0 Å². The van der Waals surface area contributed by atoms with Gasteiger partial charge in [-0.1, -0.05) is 32.4 Å². The lowest BCUT2D eigenvalue weighted by Crippen LogP contribution is -2.62. The molecular weight excluding hydrogens is 368 g/mol. The maximum Gasteiger partial charge on any atom is 0.302 e. The highest BCUT2D eigenvalue weighted by Crippen LogP contribution is 2.71. The van der Waals surface area contributed by atoms with Crippen LogP contribution in [-0.2, 0) is 19.1 Å². The van der Waals surface area contributed by atoms with Crippen LogP contribution in [0, 0.1) is 34.0 Å². The van der Waals surface area contributed by atoms with Crippen molar-refractivity contribution in [3.05, 3.63) is 12.2 Å². The Kier molecular flexibility index (Phi) is 4.73. The highest BCUT2D eigenvalue weighted by Gasteiger charge is 2.69. The summed E-state index contributed by atoms with van der Waals surface area (Å²) in [5.74, 6) is 0.166. The van der Waals surface area contributed by atoms with Gasteiger partial charge in [-0.25, -0.2) is 0 Å². The van der Waals surface area contributed by atoms with E-state index >= 15 is 0 Å². The smallest absolute Gasteiger partial charge is 0.302 e. The number of rotatable bonds is 3. The SMILES string of the molecule is CC(=O)OCC1(C)CCCC2(C)C1CC(OC(C)=O)C13CC(C=CC21)C(C)(O)C3. The molecule has 1 N–H and O–H groups in total. The van der Waals surface area contributed by atoms with Crippen molar-refractivity contribution in [3.63, 3.8) is 0 Å². The first-order valence-corrected chi connectivity index (χ1v) is 11.1. The number of hydrogen-bond acceptors (Lipinski definition) is 5. The van der Waals surface area contributed by atoms with E-state index in [0.717, 1.165) is 32.1 Å². The largest absolute Gasteiger partial charge is 0.465 e. The maximum absolute atomic E-state index is 12.1.